The average Bonchev–Trinajstić information content (AvgIpc) is 3.02. The van der Waals surface area contributed by atoms with Crippen molar-refractivity contribution >= 4 is 27.0 Å². The summed E-state index contributed by atoms with van der Waals surface area (Å²) in [4.78, 5) is 11.8. The summed E-state index contributed by atoms with van der Waals surface area (Å²) in [6.45, 7) is 2.51. The van der Waals surface area contributed by atoms with Crippen LogP contribution in [0.3, 0.4) is 0 Å². The smallest absolute Gasteiger partial charge is 0.419 e. The van der Waals surface area contributed by atoms with Crippen LogP contribution in [-0.2, 0) is 6.54 Å². The summed E-state index contributed by atoms with van der Waals surface area (Å²) in [5, 5.41) is 3.25. The molecule has 0 aliphatic rings. The van der Waals surface area contributed by atoms with Crippen molar-refractivity contribution in [3.05, 3.63) is 56.9 Å². The van der Waals surface area contributed by atoms with E-state index in [9.17, 15) is 4.79 Å². The number of nitrogens with zero attached hydrogens (tertiary/aromatic N) is 1. The van der Waals surface area contributed by atoms with E-state index in [0.717, 1.165) is 16.6 Å². The first-order valence-electron chi connectivity index (χ1n) is 6.69. The fourth-order valence-electron chi connectivity index (χ4n) is 2.57. The van der Waals surface area contributed by atoms with Gasteiger partial charge in [0.2, 0.25) is 0 Å². The minimum atomic E-state index is -0.324. The number of oxazole rings is 1. The van der Waals surface area contributed by atoms with Crippen LogP contribution >= 0.6 is 15.9 Å². The van der Waals surface area contributed by atoms with Crippen molar-refractivity contribution in [3.8, 4) is 0 Å². The maximum absolute atomic E-state index is 11.8. The molecule has 110 valence electrons. The molecule has 3 rings (SSSR count). The summed E-state index contributed by atoms with van der Waals surface area (Å²) in [5.74, 6) is -0.324. The van der Waals surface area contributed by atoms with E-state index in [4.69, 9.17) is 8.83 Å². The first-order chi connectivity index (χ1) is 10.2. The SMILES string of the molecule is CCn1c(=O)oc2cc(C(NC)c3ccoc3Br)ccc21. The second kappa shape index (κ2) is 5.54. The Labute approximate surface area is 129 Å². The van der Waals surface area contributed by atoms with Crippen LogP contribution in [0, 0.1) is 0 Å². The van der Waals surface area contributed by atoms with Crippen LogP contribution in [0.2, 0.25) is 0 Å². The molecule has 1 atom stereocenters. The van der Waals surface area contributed by atoms with Crippen molar-refractivity contribution in [2.45, 2.75) is 19.5 Å². The first kappa shape index (κ1) is 14.2. The lowest BCUT2D eigenvalue weighted by Crippen LogP contribution is -2.17. The lowest BCUT2D eigenvalue weighted by atomic mass is 10.0. The van der Waals surface area contributed by atoms with Crippen molar-refractivity contribution in [2.24, 2.45) is 0 Å². The molecule has 1 unspecified atom stereocenters. The van der Waals surface area contributed by atoms with Gasteiger partial charge >= 0.3 is 5.76 Å². The van der Waals surface area contributed by atoms with Crippen LogP contribution in [0.25, 0.3) is 11.1 Å². The molecule has 0 spiro atoms. The zero-order valence-electron chi connectivity index (χ0n) is 11.7. The van der Waals surface area contributed by atoms with Crippen LogP contribution in [-0.4, -0.2) is 11.6 Å². The van der Waals surface area contributed by atoms with Crippen LogP contribution in [0.5, 0.6) is 0 Å². The molecule has 0 radical (unpaired) electrons. The van der Waals surface area contributed by atoms with Crippen LogP contribution in [0.1, 0.15) is 24.1 Å². The third-order valence-electron chi connectivity index (χ3n) is 3.59. The highest BCUT2D eigenvalue weighted by Gasteiger charge is 2.19. The number of fused-ring (bicyclic) bond motifs is 1. The summed E-state index contributed by atoms with van der Waals surface area (Å²) < 4.78 is 12.9. The second-order valence-electron chi connectivity index (χ2n) is 4.71. The number of furan rings is 1. The van der Waals surface area contributed by atoms with E-state index in [1.165, 1.54) is 0 Å². The summed E-state index contributed by atoms with van der Waals surface area (Å²) in [6.07, 6.45) is 1.63. The third kappa shape index (κ3) is 2.34. The van der Waals surface area contributed by atoms with Gasteiger partial charge in [-0.2, -0.15) is 0 Å². The molecule has 21 heavy (non-hydrogen) atoms. The summed E-state index contributed by atoms with van der Waals surface area (Å²) in [6, 6.07) is 7.66. The van der Waals surface area contributed by atoms with Gasteiger partial charge in [0.25, 0.3) is 0 Å². The number of aromatic nitrogens is 1. The normalized spacial score (nSPS) is 12.9. The van der Waals surface area contributed by atoms with Gasteiger partial charge in [-0.05, 0) is 53.7 Å². The number of hydrogen-bond acceptors (Lipinski definition) is 4. The highest BCUT2D eigenvalue weighted by molar-refractivity contribution is 9.10. The van der Waals surface area contributed by atoms with Crippen LogP contribution in [0.4, 0.5) is 0 Å². The van der Waals surface area contributed by atoms with Crippen molar-refractivity contribution in [3.63, 3.8) is 0 Å². The number of aryl methyl sites for hydroxylation is 1. The Hall–Kier alpha value is -1.79. The zero-order valence-corrected chi connectivity index (χ0v) is 13.3. The molecule has 3 aromatic rings. The summed E-state index contributed by atoms with van der Waals surface area (Å²) in [5.41, 5.74) is 3.41. The highest BCUT2D eigenvalue weighted by Crippen LogP contribution is 2.30. The van der Waals surface area contributed by atoms with Gasteiger partial charge in [-0.1, -0.05) is 6.07 Å². The van der Waals surface area contributed by atoms with Crippen molar-refractivity contribution < 1.29 is 8.83 Å². The number of rotatable bonds is 4. The predicted molar refractivity (Wildman–Crippen MR) is 83.5 cm³/mol. The maximum Gasteiger partial charge on any atom is 0.419 e. The molecule has 1 aromatic carbocycles. The lowest BCUT2D eigenvalue weighted by molar-refractivity contribution is 0.512. The van der Waals surface area contributed by atoms with E-state index in [0.29, 0.717) is 16.8 Å². The monoisotopic (exact) mass is 350 g/mol. The average molecular weight is 351 g/mol. The van der Waals surface area contributed by atoms with Crippen molar-refractivity contribution in [2.75, 3.05) is 7.05 Å². The zero-order chi connectivity index (χ0) is 15.0. The molecule has 0 bridgehead atoms. The van der Waals surface area contributed by atoms with Gasteiger partial charge in [0.1, 0.15) is 0 Å². The van der Waals surface area contributed by atoms with Gasteiger partial charge in [-0.15, -0.1) is 0 Å². The molecular weight excluding hydrogens is 336 g/mol. The van der Waals surface area contributed by atoms with Crippen molar-refractivity contribution in [1.29, 1.82) is 0 Å². The first-order valence-corrected chi connectivity index (χ1v) is 7.48. The standard InChI is InChI=1S/C15H15BrN2O3/c1-3-18-11-5-4-9(8-12(11)21-15(18)19)13(17-2)10-6-7-20-14(10)16/h4-8,13,17H,3H2,1-2H3. The van der Waals surface area contributed by atoms with E-state index in [2.05, 4.69) is 21.2 Å². The Morgan fingerprint density at radius 2 is 2.19 bits per heavy atom. The summed E-state index contributed by atoms with van der Waals surface area (Å²) >= 11 is 3.40. The minimum Gasteiger partial charge on any atom is -0.457 e. The molecule has 0 fully saturated rings. The Bertz CT molecular complexity index is 831. The van der Waals surface area contributed by atoms with Gasteiger partial charge in [0.05, 0.1) is 17.8 Å². The number of halogens is 1. The van der Waals surface area contributed by atoms with Crippen molar-refractivity contribution in [1.82, 2.24) is 9.88 Å². The van der Waals surface area contributed by atoms with E-state index in [-0.39, 0.29) is 11.8 Å². The second-order valence-corrected chi connectivity index (χ2v) is 5.43. The molecule has 0 amide bonds. The fraction of sp³-hybridized carbons (Fsp3) is 0.267. The van der Waals surface area contributed by atoms with Crippen LogP contribution < -0.4 is 11.1 Å². The molecule has 2 heterocycles. The van der Waals surface area contributed by atoms with E-state index in [1.807, 2.05) is 38.2 Å². The lowest BCUT2D eigenvalue weighted by Gasteiger charge is -2.15. The minimum absolute atomic E-state index is 0.0437. The van der Waals surface area contributed by atoms with Crippen LogP contribution in [0.15, 0.2) is 48.8 Å². The molecular formula is C15H15BrN2O3. The van der Waals surface area contributed by atoms with Gasteiger partial charge < -0.3 is 14.2 Å². The topological polar surface area (TPSA) is 60.3 Å². The molecule has 0 aliphatic carbocycles. The molecule has 6 heteroatoms. The quantitative estimate of drug-likeness (QED) is 0.784. The fourth-order valence-corrected chi connectivity index (χ4v) is 3.04. The van der Waals surface area contributed by atoms with Gasteiger partial charge in [-0.3, -0.25) is 4.57 Å². The molecule has 1 N–H and O–H groups in total. The number of nitrogens with one attached hydrogen (secondary N) is 1. The molecule has 5 nitrogen and oxygen atoms in total. The third-order valence-corrected chi connectivity index (χ3v) is 4.23. The summed E-state index contributed by atoms with van der Waals surface area (Å²) in [7, 11) is 1.88. The Morgan fingerprint density at radius 3 is 2.81 bits per heavy atom. The van der Waals surface area contributed by atoms with Gasteiger partial charge in [-0.25, -0.2) is 4.79 Å². The molecule has 0 saturated heterocycles. The largest absolute Gasteiger partial charge is 0.457 e. The van der Waals surface area contributed by atoms with Gasteiger partial charge in [0.15, 0.2) is 10.3 Å². The molecule has 0 saturated carbocycles. The molecule has 0 aliphatic heterocycles. The number of benzene rings is 1. The Balaban J connectivity index is 2.12. The maximum atomic E-state index is 11.8. The van der Waals surface area contributed by atoms with E-state index < -0.39 is 0 Å². The van der Waals surface area contributed by atoms with E-state index >= 15 is 0 Å². The number of hydrogen-bond donors (Lipinski definition) is 1. The highest BCUT2D eigenvalue weighted by atomic mass is 79.9. The predicted octanol–water partition coefficient (Wildman–Crippen LogP) is 3.28. The van der Waals surface area contributed by atoms with E-state index in [1.54, 1.807) is 10.8 Å². The van der Waals surface area contributed by atoms with Gasteiger partial charge in [0, 0.05) is 12.1 Å². The molecule has 2 aromatic heterocycles. The Kier molecular flexibility index (Phi) is 3.73. The Morgan fingerprint density at radius 1 is 1.38 bits per heavy atom.